The normalized spacial score (nSPS) is 12.5. The molecule has 1 rings (SSSR count). The maximum Gasteiger partial charge on any atom is 0.308 e. The van der Waals surface area contributed by atoms with Gasteiger partial charge in [0.05, 0.1) is 25.0 Å². The van der Waals surface area contributed by atoms with Crippen LogP contribution in [-0.2, 0) is 23.0 Å². The first-order chi connectivity index (χ1) is 6.13. The maximum absolute atomic E-state index is 11.1. The summed E-state index contributed by atoms with van der Waals surface area (Å²) >= 11 is 0. The monoisotopic (exact) mass is 182 g/mol. The molecule has 0 radical (unpaired) electrons. The Hall–Kier alpha value is -1.32. The predicted molar refractivity (Wildman–Crippen MR) is 48.1 cm³/mol. The van der Waals surface area contributed by atoms with Crippen molar-refractivity contribution in [3.8, 4) is 0 Å². The van der Waals surface area contributed by atoms with Gasteiger partial charge in [-0.2, -0.15) is 0 Å². The predicted octanol–water partition coefficient (Wildman–Crippen LogP) is 0.772. The maximum atomic E-state index is 11.1. The molecule has 4 heteroatoms. The Morgan fingerprint density at radius 3 is 2.92 bits per heavy atom. The molecule has 1 aromatic heterocycles. The van der Waals surface area contributed by atoms with E-state index in [1.807, 2.05) is 24.7 Å². The zero-order valence-electron chi connectivity index (χ0n) is 8.15. The Morgan fingerprint density at radius 2 is 2.46 bits per heavy atom. The number of rotatable bonds is 3. The number of aromatic nitrogens is 2. The van der Waals surface area contributed by atoms with Gasteiger partial charge in [-0.25, -0.2) is 4.98 Å². The zero-order chi connectivity index (χ0) is 9.84. The van der Waals surface area contributed by atoms with Crippen molar-refractivity contribution in [3.63, 3.8) is 0 Å². The zero-order valence-corrected chi connectivity index (χ0v) is 8.15. The number of carbonyl (C=O) groups excluding carboxylic acids is 1. The van der Waals surface area contributed by atoms with Gasteiger partial charge in [0.2, 0.25) is 0 Å². The van der Waals surface area contributed by atoms with E-state index >= 15 is 0 Å². The molecule has 1 atom stereocenters. The van der Waals surface area contributed by atoms with Gasteiger partial charge < -0.3 is 9.30 Å². The van der Waals surface area contributed by atoms with Gasteiger partial charge in [-0.15, -0.1) is 0 Å². The first kappa shape index (κ1) is 9.77. The quantitative estimate of drug-likeness (QED) is 0.648. The third kappa shape index (κ3) is 2.57. The van der Waals surface area contributed by atoms with Crippen LogP contribution in [0, 0.1) is 5.92 Å². The van der Waals surface area contributed by atoms with Crippen LogP contribution in [-0.4, -0.2) is 22.6 Å². The SMILES string of the molecule is COC(=O)C(C)Cc1cn(C)cn1. The summed E-state index contributed by atoms with van der Waals surface area (Å²) in [4.78, 5) is 15.2. The van der Waals surface area contributed by atoms with Crippen LogP contribution >= 0.6 is 0 Å². The molecule has 0 aliphatic heterocycles. The second-order valence-corrected chi connectivity index (χ2v) is 3.16. The standard InChI is InChI=1S/C9H14N2O2/c1-7(9(12)13-3)4-8-5-11(2)6-10-8/h5-7H,4H2,1-3H3. The minimum Gasteiger partial charge on any atom is -0.469 e. The fourth-order valence-corrected chi connectivity index (χ4v) is 1.17. The summed E-state index contributed by atoms with van der Waals surface area (Å²) in [5.74, 6) is -0.314. The highest BCUT2D eigenvalue weighted by Crippen LogP contribution is 2.06. The van der Waals surface area contributed by atoms with Crippen molar-refractivity contribution in [1.29, 1.82) is 0 Å². The van der Waals surface area contributed by atoms with Crippen LogP contribution in [0.2, 0.25) is 0 Å². The summed E-state index contributed by atoms with van der Waals surface area (Å²) in [5.41, 5.74) is 0.917. The lowest BCUT2D eigenvalue weighted by Gasteiger charge is -2.05. The second kappa shape index (κ2) is 4.07. The van der Waals surface area contributed by atoms with Crippen LogP contribution in [0.1, 0.15) is 12.6 Å². The molecule has 4 nitrogen and oxygen atoms in total. The van der Waals surface area contributed by atoms with Gasteiger partial charge in [0.15, 0.2) is 0 Å². The van der Waals surface area contributed by atoms with Crippen LogP contribution in [0.25, 0.3) is 0 Å². The van der Waals surface area contributed by atoms with Gasteiger partial charge >= 0.3 is 5.97 Å². The first-order valence-electron chi connectivity index (χ1n) is 4.18. The highest BCUT2D eigenvalue weighted by Gasteiger charge is 2.14. The van der Waals surface area contributed by atoms with Crippen molar-refractivity contribution < 1.29 is 9.53 Å². The summed E-state index contributed by atoms with van der Waals surface area (Å²) in [5, 5.41) is 0. The van der Waals surface area contributed by atoms with Crippen molar-refractivity contribution in [1.82, 2.24) is 9.55 Å². The number of nitrogens with zero attached hydrogens (tertiary/aromatic N) is 2. The molecule has 0 fully saturated rings. The average molecular weight is 182 g/mol. The molecule has 0 N–H and O–H groups in total. The van der Waals surface area contributed by atoms with Crippen LogP contribution < -0.4 is 0 Å². The number of hydrogen-bond donors (Lipinski definition) is 0. The molecule has 1 aromatic rings. The largest absolute Gasteiger partial charge is 0.469 e. The summed E-state index contributed by atoms with van der Waals surface area (Å²) in [6.45, 7) is 1.83. The van der Waals surface area contributed by atoms with Crippen LogP contribution in [0.15, 0.2) is 12.5 Å². The average Bonchev–Trinajstić information content (AvgIpc) is 2.49. The van der Waals surface area contributed by atoms with E-state index in [9.17, 15) is 4.79 Å². The molecular formula is C9H14N2O2. The van der Waals surface area contributed by atoms with Gasteiger partial charge in [0.1, 0.15) is 0 Å². The van der Waals surface area contributed by atoms with Crippen molar-refractivity contribution in [3.05, 3.63) is 18.2 Å². The fraction of sp³-hybridized carbons (Fsp3) is 0.556. The van der Waals surface area contributed by atoms with Crippen LogP contribution in [0.4, 0.5) is 0 Å². The molecule has 0 saturated carbocycles. The number of carbonyl (C=O) groups is 1. The topological polar surface area (TPSA) is 44.1 Å². The molecule has 0 spiro atoms. The van der Waals surface area contributed by atoms with Crippen molar-refractivity contribution in [2.75, 3.05) is 7.11 Å². The molecule has 72 valence electrons. The van der Waals surface area contributed by atoms with Gasteiger partial charge in [0, 0.05) is 19.7 Å². The summed E-state index contributed by atoms with van der Waals surface area (Å²) in [6, 6.07) is 0. The lowest BCUT2D eigenvalue weighted by atomic mass is 10.1. The van der Waals surface area contributed by atoms with E-state index in [1.165, 1.54) is 7.11 Å². The minimum absolute atomic E-state index is 0.125. The Balaban J connectivity index is 2.54. The van der Waals surface area contributed by atoms with Crippen molar-refractivity contribution in [2.45, 2.75) is 13.3 Å². The van der Waals surface area contributed by atoms with E-state index in [0.29, 0.717) is 6.42 Å². The summed E-state index contributed by atoms with van der Waals surface area (Å²) in [6.07, 6.45) is 4.26. The number of ether oxygens (including phenoxy) is 1. The van der Waals surface area contributed by atoms with Gasteiger partial charge in [-0.3, -0.25) is 4.79 Å². The molecule has 1 heterocycles. The van der Waals surface area contributed by atoms with E-state index < -0.39 is 0 Å². The molecular weight excluding hydrogens is 168 g/mol. The van der Waals surface area contributed by atoms with Gasteiger partial charge in [0.25, 0.3) is 0 Å². The number of aryl methyl sites for hydroxylation is 1. The lowest BCUT2D eigenvalue weighted by Crippen LogP contribution is -2.15. The molecule has 0 aromatic carbocycles. The molecule has 0 aliphatic carbocycles. The van der Waals surface area contributed by atoms with E-state index in [4.69, 9.17) is 0 Å². The third-order valence-corrected chi connectivity index (χ3v) is 1.88. The Kier molecular flexibility index (Phi) is 3.06. The smallest absolute Gasteiger partial charge is 0.308 e. The van der Waals surface area contributed by atoms with Gasteiger partial charge in [-0.1, -0.05) is 6.92 Å². The summed E-state index contributed by atoms with van der Waals surface area (Å²) < 4.78 is 6.48. The highest BCUT2D eigenvalue weighted by atomic mass is 16.5. The number of methoxy groups -OCH3 is 1. The van der Waals surface area contributed by atoms with E-state index in [-0.39, 0.29) is 11.9 Å². The lowest BCUT2D eigenvalue weighted by molar-refractivity contribution is -0.144. The molecule has 0 saturated heterocycles. The number of imidazole rings is 1. The molecule has 13 heavy (non-hydrogen) atoms. The third-order valence-electron chi connectivity index (χ3n) is 1.88. The number of hydrogen-bond acceptors (Lipinski definition) is 3. The second-order valence-electron chi connectivity index (χ2n) is 3.16. The van der Waals surface area contributed by atoms with E-state index in [1.54, 1.807) is 6.33 Å². The van der Waals surface area contributed by atoms with Crippen molar-refractivity contribution >= 4 is 5.97 Å². The molecule has 0 aliphatic rings. The van der Waals surface area contributed by atoms with E-state index in [2.05, 4.69) is 9.72 Å². The number of esters is 1. The van der Waals surface area contributed by atoms with E-state index in [0.717, 1.165) is 5.69 Å². The van der Waals surface area contributed by atoms with Crippen LogP contribution in [0.5, 0.6) is 0 Å². The highest BCUT2D eigenvalue weighted by molar-refractivity contribution is 5.72. The summed E-state index contributed by atoms with van der Waals surface area (Å²) in [7, 11) is 3.30. The minimum atomic E-state index is -0.189. The van der Waals surface area contributed by atoms with Crippen molar-refractivity contribution in [2.24, 2.45) is 13.0 Å². The van der Waals surface area contributed by atoms with Crippen LogP contribution in [0.3, 0.4) is 0 Å². The molecule has 1 unspecified atom stereocenters. The molecule has 0 bridgehead atoms. The first-order valence-corrected chi connectivity index (χ1v) is 4.18. The Labute approximate surface area is 77.5 Å². The van der Waals surface area contributed by atoms with Gasteiger partial charge in [-0.05, 0) is 0 Å². The fourth-order valence-electron chi connectivity index (χ4n) is 1.17. The molecule has 0 amide bonds. The Morgan fingerprint density at radius 1 is 1.77 bits per heavy atom. The Bertz CT molecular complexity index is 294.